The summed E-state index contributed by atoms with van der Waals surface area (Å²) in [6.07, 6.45) is 3.26. The highest BCUT2D eigenvalue weighted by atomic mass is 32.2. The fourth-order valence-corrected chi connectivity index (χ4v) is 4.65. The molecule has 0 aliphatic heterocycles. The Hall–Kier alpha value is -4.18. The number of halogens is 1. The summed E-state index contributed by atoms with van der Waals surface area (Å²) in [6.45, 7) is 0. The van der Waals surface area contributed by atoms with Crippen molar-refractivity contribution in [3.05, 3.63) is 108 Å². The smallest absolute Gasteiger partial charge is 0.262 e. The van der Waals surface area contributed by atoms with Crippen LogP contribution in [0.15, 0.2) is 90.1 Å². The largest absolute Gasteiger partial charge is 0.495 e. The highest BCUT2D eigenvalue weighted by Crippen LogP contribution is 2.27. The van der Waals surface area contributed by atoms with Gasteiger partial charge in [0, 0.05) is 30.6 Å². The monoisotopic (exact) mass is 494 g/mol. The molecule has 1 aromatic heterocycles. The molecule has 4 aromatic rings. The second-order valence-electron chi connectivity index (χ2n) is 7.65. The van der Waals surface area contributed by atoms with Gasteiger partial charge in [0.2, 0.25) is 0 Å². The van der Waals surface area contributed by atoms with Crippen molar-refractivity contribution >= 4 is 21.6 Å². The van der Waals surface area contributed by atoms with Gasteiger partial charge in [0.05, 0.1) is 17.7 Å². The molecule has 1 atom stereocenters. The van der Waals surface area contributed by atoms with Crippen molar-refractivity contribution in [1.82, 2.24) is 14.9 Å². The number of nitrogens with zero attached hydrogens (tertiary/aromatic N) is 2. The maximum atomic E-state index is 14.6. The number of hydrogen-bond donors (Lipinski definition) is 2. The first-order valence-electron chi connectivity index (χ1n) is 10.6. The number of carbonyl (C=O) groups excluding carboxylic acids is 1. The number of para-hydroxylation sites is 2. The average Bonchev–Trinajstić information content (AvgIpc) is 3.28. The van der Waals surface area contributed by atoms with Crippen LogP contribution in [0, 0.1) is 5.82 Å². The van der Waals surface area contributed by atoms with Crippen LogP contribution >= 0.6 is 0 Å². The topological polar surface area (TPSA) is 102 Å². The Kier molecular flexibility index (Phi) is 6.83. The molecular formula is C25H23FN4O4S. The molecule has 1 unspecified atom stereocenters. The van der Waals surface area contributed by atoms with Crippen LogP contribution in [0.5, 0.6) is 5.75 Å². The fraction of sp³-hybridized carbons (Fsp3) is 0.120. The summed E-state index contributed by atoms with van der Waals surface area (Å²) in [5, 5.41) is 2.80. The molecule has 2 N–H and O–H groups in total. The zero-order chi connectivity index (χ0) is 25.0. The number of hydrogen-bond acceptors (Lipinski definition) is 5. The van der Waals surface area contributed by atoms with Gasteiger partial charge in [0.15, 0.2) is 0 Å². The first kappa shape index (κ1) is 24.0. The minimum atomic E-state index is -3.93. The summed E-state index contributed by atoms with van der Waals surface area (Å²) in [5.41, 5.74) is 0.756. The highest BCUT2D eigenvalue weighted by Gasteiger charge is 2.24. The lowest BCUT2D eigenvalue weighted by molar-refractivity contribution is 0.0940. The van der Waals surface area contributed by atoms with Gasteiger partial charge in [-0.3, -0.25) is 9.52 Å². The maximum absolute atomic E-state index is 14.6. The van der Waals surface area contributed by atoms with Gasteiger partial charge in [-0.15, -0.1) is 0 Å². The number of anilines is 1. The van der Waals surface area contributed by atoms with E-state index in [4.69, 9.17) is 4.74 Å². The molecule has 4 rings (SSSR count). The van der Waals surface area contributed by atoms with Gasteiger partial charge in [-0.1, -0.05) is 30.3 Å². The van der Waals surface area contributed by atoms with E-state index in [-0.39, 0.29) is 16.0 Å². The third-order valence-electron chi connectivity index (χ3n) is 5.39. The zero-order valence-corrected chi connectivity index (χ0v) is 19.8. The molecule has 0 radical (unpaired) electrons. The maximum Gasteiger partial charge on any atom is 0.262 e. The molecule has 0 saturated carbocycles. The third-order valence-corrected chi connectivity index (χ3v) is 6.77. The first-order valence-corrected chi connectivity index (χ1v) is 12.1. The lowest BCUT2D eigenvalue weighted by Crippen LogP contribution is -2.31. The van der Waals surface area contributed by atoms with E-state index in [0.29, 0.717) is 17.3 Å². The minimum Gasteiger partial charge on any atom is -0.495 e. The summed E-state index contributed by atoms with van der Waals surface area (Å²) in [6, 6.07) is 17.3. The zero-order valence-electron chi connectivity index (χ0n) is 19.0. The molecule has 10 heteroatoms. The Balaban J connectivity index is 1.57. The quantitative estimate of drug-likeness (QED) is 0.387. The molecule has 0 aliphatic rings. The molecule has 35 heavy (non-hydrogen) atoms. The van der Waals surface area contributed by atoms with E-state index in [2.05, 4.69) is 15.0 Å². The molecule has 0 aliphatic carbocycles. The lowest BCUT2D eigenvalue weighted by atomic mass is 10.0. The van der Waals surface area contributed by atoms with E-state index in [1.54, 1.807) is 66.5 Å². The average molecular weight is 495 g/mol. The predicted molar refractivity (Wildman–Crippen MR) is 129 cm³/mol. The normalized spacial score (nSPS) is 12.1. The van der Waals surface area contributed by atoms with Gasteiger partial charge >= 0.3 is 0 Å². The van der Waals surface area contributed by atoms with Crippen LogP contribution in [0.4, 0.5) is 10.1 Å². The SMILES string of the molecule is COc1ccccc1NS(=O)(=O)c1ccc(C(=O)NC(c2ccccc2F)c2nccn2C)cc1. The summed E-state index contributed by atoms with van der Waals surface area (Å²) in [7, 11) is -0.734. The number of nitrogens with one attached hydrogen (secondary N) is 2. The minimum absolute atomic E-state index is 0.0327. The molecule has 0 spiro atoms. The van der Waals surface area contributed by atoms with Crippen LogP contribution in [0.3, 0.4) is 0 Å². The van der Waals surface area contributed by atoms with Crippen LogP contribution in [-0.2, 0) is 17.1 Å². The van der Waals surface area contributed by atoms with Gasteiger partial charge < -0.3 is 14.6 Å². The predicted octanol–water partition coefficient (Wildman–Crippen LogP) is 3.89. The molecule has 180 valence electrons. The second-order valence-corrected chi connectivity index (χ2v) is 9.34. The summed E-state index contributed by atoms with van der Waals surface area (Å²) in [5.74, 6) is -0.170. The van der Waals surface area contributed by atoms with Crippen molar-refractivity contribution in [3.8, 4) is 5.75 Å². The Morgan fingerprint density at radius 1 is 1.03 bits per heavy atom. The molecule has 1 amide bonds. The van der Waals surface area contributed by atoms with Gasteiger partial charge in [0.1, 0.15) is 23.4 Å². The van der Waals surface area contributed by atoms with Gasteiger partial charge in [-0.2, -0.15) is 0 Å². The Labute approximate surface area is 202 Å². The number of sulfonamides is 1. The fourth-order valence-electron chi connectivity index (χ4n) is 3.58. The standard InChI is InChI=1S/C25H23FN4O4S/c1-30-16-15-27-24(30)23(19-7-3-4-8-20(19)26)28-25(31)17-11-13-18(14-12-17)35(32,33)29-21-9-5-6-10-22(21)34-2/h3-16,23,29H,1-2H3,(H,28,31). The summed E-state index contributed by atoms with van der Waals surface area (Å²) < 4.78 is 49.6. The van der Waals surface area contributed by atoms with E-state index in [1.165, 1.54) is 37.4 Å². The number of benzene rings is 3. The molecule has 0 fully saturated rings. The number of aromatic nitrogens is 2. The number of carbonyl (C=O) groups is 1. The number of aryl methyl sites for hydroxylation is 1. The molecular weight excluding hydrogens is 471 g/mol. The number of ether oxygens (including phenoxy) is 1. The molecule has 0 saturated heterocycles. The van der Waals surface area contributed by atoms with Crippen molar-refractivity contribution < 1.29 is 22.3 Å². The Morgan fingerprint density at radius 2 is 1.71 bits per heavy atom. The van der Waals surface area contributed by atoms with Crippen LogP contribution in [0.2, 0.25) is 0 Å². The van der Waals surface area contributed by atoms with Crippen molar-refractivity contribution in [2.24, 2.45) is 7.05 Å². The van der Waals surface area contributed by atoms with Gasteiger partial charge in [-0.25, -0.2) is 17.8 Å². The van der Waals surface area contributed by atoms with Crippen LogP contribution < -0.4 is 14.8 Å². The highest BCUT2D eigenvalue weighted by molar-refractivity contribution is 7.92. The van der Waals surface area contributed by atoms with Crippen molar-refractivity contribution in [2.45, 2.75) is 10.9 Å². The third kappa shape index (κ3) is 5.17. The van der Waals surface area contributed by atoms with Crippen LogP contribution in [0.25, 0.3) is 0 Å². The Bertz CT molecular complexity index is 1450. The van der Waals surface area contributed by atoms with Gasteiger partial charge in [-0.05, 0) is 42.5 Å². The van der Waals surface area contributed by atoms with Gasteiger partial charge in [0.25, 0.3) is 15.9 Å². The number of methoxy groups -OCH3 is 1. The molecule has 0 bridgehead atoms. The molecule has 8 nitrogen and oxygen atoms in total. The summed E-state index contributed by atoms with van der Waals surface area (Å²) >= 11 is 0. The van der Waals surface area contributed by atoms with Crippen LogP contribution in [-0.4, -0.2) is 31.0 Å². The van der Waals surface area contributed by atoms with E-state index >= 15 is 0 Å². The van der Waals surface area contributed by atoms with Crippen LogP contribution in [0.1, 0.15) is 27.8 Å². The van der Waals surface area contributed by atoms with E-state index in [0.717, 1.165) is 0 Å². The summed E-state index contributed by atoms with van der Waals surface area (Å²) in [4.78, 5) is 17.3. The van der Waals surface area contributed by atoms with E-state index in [1.807, 2.05) is 0 Å². The Morgan fingerprint density at radius 3 is 2.37 bits per heavy atom. The second kappa shape index (κ2) is 9.98. The van der Waals surface area contributed by atoms with Crippen molar-refractivity contribution in [2.75, 3.05) is 11.8 Å². The first-order chi connectivity index (χ1) is 16.8. The van der Waals surface area contributed by atoms with E-state index in [9.17, 15) is 17.6 Å². The number of rotatable bonds is 8. The number of amides is 1. The lowest BCUT2D eigenvalue weighted by Gasteiger charge is -2.20. The van der Waals surface area contributed by atoms with Crippen molar-refractivity contribution in [1.29, 1.82) is 0 Å². The van der Waals surface area contributed by atoms with E-state index < -0.39 is 27.8 Å². The molecule has 3 aromatic carbocycles. The molecule has 1 heterocycles. The van der Waals surface area contributed by atoms with Crippen molar-refractivity contribution in [3.63, 3.8) is 0 Å². The number of imidazole rings is 1.